The first kappa shape index (κ1) is 21.0. The molecule has 2 saturated heterocycles. The fourth-order valence-corrected chi connectivity index (χ4v) is 4.20. The zero-order valence-electron chi connectivity index (χ0n) is 17.6. The van der Waals surface area contributed by atoms with Crippen molar-refractivity contribution in [2.24, 2.45) is 5.92 Å². The molecule has 2 fully saturated rings. The number of nitrogens with zero attached hydrogens (tertiary/aromatic N) is 3. The minimum Gasteiger partial charge on any atom is -0.339 e. The molecule has 0 N–H and O–H groups in total. The second kappa shape index (κ2) is 8.88. The van der Waals surface area contributed by atoms with E-state index in [1.165, 1.54) is 12.1 Å². The molecule has 0 saturated carbocycles. The summed E-state index contributed by atoms with van der Waals surface area (Å²) in [5, 5.41) is 0. The molecule has 2 aliphatic heterocycles. The Labute approximate surface area is 181 Å². The molecule has 2 aromatic carbocycles. The molecule has 0 radical (unpaired) electrons. The van der Waals surface area contributed by atoms with Gasteiger partial charge in [0.05, 0.1) is 11.5 Å². The normalized spacial score (nSPS) is 19.1. The third-order valence-corrected chi connectivity index (χ3v) is 6.04. The first-order valence-electron chi connectivity index (χ1n) is 10.6. The Balaban J connectivity index is 1.31. The Morgan fingerprint density at radius 2 is 1.61 bits per heavy atom. The number of aryl methyl sites for hydroxylation is 1. The van der Waals surface area contributed by atoms with Gasteiger partial charge in [0.25, 0.3) is 5.91 Å². The molecular weight excluding hydrogens is 397 g/mol. The maximum absolute atomic E-state index is 13.9. The number of halogens is 1. The number of amides is 3. The number of hydrogen-bond donors (Lipinski definition) is 0. The Morgan fingerprint density at radius 3 is 2.29 bits per heavy atom. The number of carbonyl (C=O) groups excluding carboxylic acids is 3. The van der Waals surface area contributed by atoms with Gasteiger partial charge in [-0.1, -0.05) is 42.0 Å². The first-order chi connectivity index (χ1) is 14.9. The van der Waals surface area contributed by atoms with Gasteiger partial charge in [0, 0.05) is 45.7 Å². The van der Waals surface area contributed by atoms with Crippen LogP contribution in [0.25, 0.3) is 0 Å². The molecule has 31 heavy (non-hydrogen) atoms. The van der Waals surface area contributed by atoms with Crippen LogP contribution in [0.4, 0.5) is 4.39 Å². The van der Waals surface area contributed by atoms with Crippen LogP contribution >= 0.6 is 0 Å². The maximum Gasteiger partial charge on any atom is 0.256 e. The van der Waals surface area contributed by atoms with Crippen LogP contribution in [0.5, 0.6) is 0 Å². The summed E-state index contributed by atoms with van der Waals surface area (Å²) in [4.78, 5) is 43.0. The summed E-state index contributed by atoms with van der Waals surface area (Å²) in [7, 11) is 0. The van der Waals surface area contributed by atoms with Crippen molar-refractivity contribution in [1.82, 2.24) is 14.7 Å². The van der Waals surface area contributed by atoms with Gasteiger partial charge in [-0.3, -0.25) is 14.4 Å². The monoisotopic (exact) mass is 423 g/mol. The third-order valence-electron chi connectivity index (χ3n) is 6.04. The number of piperazine rings is 1. The van der Waals surface area contributed by atoms with Crippen LogP contribution in [0, 0.1) is 18.7 Å². The van der Waals surface area contributed by atoms with E-state index in [1.807, 2.05) is 31.2 Å². The third kappa shape index (κ3) is 4.60. The van der Waals surface area contributed by atoms with E-state index in [1.54, 1.807) is 26.8 Å². The van der Waals surface area contributed by atoms with E-state index in [0.717, 1.165) is 11.1 Å². The molecule has 2 aliphatic rings. The van der Waals surface area contributed by atoms with Gasteiger partial charge in [-0.05, 0) is 24.6 Å². The van der Waals surface area contributed by atoms with Gasteiger partial charge >= 0.3 is 0 Å². The van der Waals surface area contributed by atoms with Crippen molar-refractivity contribution >= 4 is 17.7 Å². The zero-order valence-corrected chi connectivity index (χ0v) is 17.6. The highest BCUT2D eigenvalue weighted by Gasteiger charge is 2.37. The number of rotatable bonds is 4. The summed E-state index contributed by atoms with van der Waals surface area (Å²) in [5.74, 6) is -1.30. The molecule has 0 bridgehead atoms. The Morgan fingerprint density at radius 1 is 0.968 bits per heavy atom. The summed E-state index contributed by atoms with van der Waals surface area (Å²) < 4.78 is 13.9. The van der Waals surface area contributed by atoms with Crippen LogP contribution in [0.1, 0.15) is 27.9 Å². The van der Waals surface area contributed by atoms with Crippen molar-refractivity contribution in [1.29, 1.82) is 0 Å². The lowest BCUT2D eigenvalue weighted by molar-refractivity contribution is -0.137. The SMILES string of the molecule is Cc1ccc(CN2CC(C(=O)N3CCN(C(=O)c4ccccc4F)CC3)CC2=O)cc1. The number of benzene rings is 2. The van der Waals surface area contributed by atoms with Gasteiger partial charge < -0.3 is 14.7 Å². The topological polar surface area (TPSA) is 60.9 Å². The van der Waals surface area contributed by atoms with E-state index in [4.69, 9.17) is 0 Å². The van der Waals surface area contributed by atoms with Crippen molar-refractivity contribution in [3.8, 4) is 0 Å². The van der Waals surface area contributed by atoms with Crippen LogP contribution in [0.2, 0.25) is 0 Å². The zero-order chi connectivity index (χ0) is 22.0. The quantitative estimate of drug-likeness (QED) is 0.759. The average molecular weight is 423 g/mol. The minimum atomic E-state index is -0.538. The van der Waals surface area contributed by atoms with Crippen LogP contribution < -0.4 is 0 Å². The van der Waals surface area contributed by atoms with Crippen molar-refractivity contribution < 1.29 is 18.8 Å². The fourth-order valence-electron chi connectivity index (χ4n) is 4.20. The smallest absolute Gasteiger partial charge is 0.256 e. The molecule has 6 nitrogen and oxygen atoms in total. The largest absolute Gasteiger partial charge is 0.339 e. The summed E-state index contributed by atoms with van der Waals surface area (Å²) in [5.41, 5.74) is 2.26. The van der Waals surface area contributed by atoms with Crippen LogP contribution in [-0.2, 0) is 16.1 Å². The van der Waals surface area contributed by atoms with Crippen molar-refractivity contribution in [2.45, 2.75) is 19.9 Å². The molecule has 0 aliphatic carbocycles. The fraction of sp³-hybridized carbons (Fsp3) is 0.375. The van der Waals surface area contributed by atoms with E-state index in [9.17, 15) is 18.8 Å². The summed E-state index contributed by atoms with van der Waals surface area (Å²) in [6.45, 7) is 4.43. The first-order valence-corrected chi connectivity index (χ1v) is 10.6. The highest BCUT2D eigenvalue weighted by molar-refractivity contribution is 5.95. The molecule has 1 atom stereocenters. The van der Waals surface area contributed by atoms with Crippen molar-refractivity contribution in [2.75, 3.05) is 32.7 Å². The predicted octanol–water partition coefficient (Wildman–Crippen LogP) is 2.47. The van der Waals surface area contributed by atoms with E-state index in [0.29, 0.717) is 39.3 Å². The second-order valence-electron chi connectivity index (χ2n) is 8.26. The maximum atomic E-state index is 13.9. The van der Waals surface area contributed by atoms with E-state index in [-0.39, 0.29) is 35.6 Å². The van der Waals surface area contributed by atoms with E-state index >= 15 is 0 Å². The van der Waals surface area contributed by atoms with Gasteiger partial charge in [0.2, 0.25) is 11.8 Å². The molecule has 4 rings (SSSR count). The summed E-state index contributed by atoms with van der Waals surface area (Å²) in [6.07, 6.45) is 0.221. The average Bonchev–Trinajstić information content (AvgIpc) is 3.15. The highest BCUT2D eigenvalue weighted by atomic mass is 19.1. The molecule has 3 amide bonds. The van der Waals surface area contributed by atoms with Gasteiger partial charge in [-0.15, -0.1) is 0 Å². The van der Waals surface area contributed by atoms with Crippen LogP contribution in [0.3, 0.4) is 0 Å². The second-order valence-corrected chi connectivity index (χ2v) is 8.26. The predicted molar refractivity (Wildman–Crippen MR) is 114 cm³/mol. The van der Waals surface area contributed by atoms with Crippen molar-refractivity contribution in [3.05, 3.63) is 71.0 Å². The Kier molecular flexibility index (Phi) is 6.02. The number of likely N-dealkylation sites (tertiary alicyclic amines) is 1. The van der Waals surface area contributed by atoms with Crippen LogP contribution in [-0.4, -0.2) is 65.1 Å². The summed E-state index contributed by atoms with van der Waals surface area (Å²) in [6, 6.07) is 14.0. The van der Waals surface area contributed by atoms with Gasteiger partial charge in [0.1, 0.15) is 5.82 Å². The van der Waals surface area contributed by atoms with E-state index in [2.05, 4.69) is 0 Å². The molecule has 2 heterocycles. The molecule has 0 aromatic heterocycles. The molecular formula is C24H26FN3O3. The van der Waals surface area contributed by atoms with Gasteiger partial charge in [-0.2, -0.15) is 0 Å². The van der Waals surface area contributed by atoms with Crippen LogP contribution in [0.15, 0.2) is 48.5 Å². The molecule has 2 aromatic rings. The number of hydrogen-bond acceptors (Lipinski definition) is 3. The molecule has 1 unspecified atom stereocenters. The van der Waals surface area contributed by atoms with E-state index < -0.39 is 5.82 Å². The molecule has 7 heteroatoms. The molecule has 162 valence electrons. The lowest BCUT2D eigenvalue weighted by Crippen LogP contribution is -2.52. The Hall–Kier alpha value is -3.22. The summed E-state index contributed by atoms with van der Waals surface area (Å²) >= 11 is 0. The minimum absolute atomic E-state index is 0.00714. The number of carbonyl (C=O) groups is 3. The molecule has 0 spiro atoms. The lowest BCUT2D eigenvalue weighted by atomic mass is 10.1. The Bertz CT molecular complexity index is 984. The van der Waals surface area contributed by atoms with Gasteiger partial charge in [-0.25, -0.2) is 4.39 Å². The van der Waals surface area contributed by atoms with Gasteiger partial charge in [0.15, 0.2) is 0 Å². The highest BCUT2D eigenvalue weighted by Crippen LogP contribution is 2.23. The standard InChI is InChI=1S/C24H26FN3O3/c1-17-6-8-18(9-7-17)15-28-16-19(14-22(28)29)23(30)26-10-12-27(13-11-26)24(31)20-4-2-3-5-21(20)25/h2-9,19H,10-16H2,1H3. The van der Waals surface area contributed by atoms with Crippen molar-refractivity contribution in [3.63, 3.8) is 0 Å². The lowest BCUT2D eigenvalue weighted by Gasteiger charge is -2.36.